The monoisotopic (exact) mass is 301 g/mol. The molecule has 1 aliphatic carbocycles. The molecule has 0 bridgehead atoms. The second kappa shape index (κ2) is 6.34. The number of benzene rings is 1. The number of amides is 1. The first-order valence-electron chi connectivity index (χ1n) is 7.56. The number of hydrogen-bond acceptors (Lipinski definition) is 2. The summed E-state index contributed by atoms with van der Waals surface area (Å²) in [5, 5.41) is 12.4. The number of carbonyl (C=O) groups excluding carboxylic acids is 1. The third-order valence-electron chi connectivity index (χ3n) is 4.65. The van der Waals surface area contributed by atoms with Crippen molar-refractivity contribution >= 4 is 17.6 Å². The zero-order valence-corrected chi connectivity index (χ0v) is 13.6. The summed E-state index contributed by atoms with van der Waals surface area (Å²) in [4.78, 5) is 24.1. The first kappa shape index (κ1) is 16.3. The number of aryl methyl sites for hydroxylation is 2. The zero-order chi connectivity index (χ0) is 16.4. The lowest BCUT2D eigenvalue weighted by Crippen LogP contribution is -2.36. The minimum absolute atomic E-state index is 0.198. The normalized spacial score (nSPS) is 21.6. The van der Waals surface area contributed by atoms with E-state index in [0.717, 1.165) is 28.0 Å². The third kappa shape index (κ3) is 3.21. The van der Waals surface area contributed by atoms with E-state index in [9.17, 15) is 14.7 Å². The quantitative estimate of drug-likeness (QED) is 0.837. The van der Waals surface area contributed by atoms with E-state index < -0.39 is 17.8 Å². The van der Waals surface area contributed by atoms with E-state index in [1.54, 1.807) is 0 Å². The van der Waals surface area contributed by atoms with Crippen LogP contribution >= 0.6 is 0 Å². The number of nitrogens with one attached hydrogen (secondary N) is 1. The Labute approximate surface area is 131 Å². The molecule has 0 heterocycles. The van der Waals surface area contributed by atoms with Crippen molar-refractivity contribution in [3.05, 3.63) is 40.5 Å². The van der Waals surface area contributed by atoms with E-state index >= 15 is 0 Å². The molecule has 0 aliphatic heterocycles. The number of aliphatic carboxylic acids is 1. The van der Waals surface area contributed by atoms with Gasteiger partial charge in [0.05, 0.1) is 11.8 Å². The number of rotatable bonds is 3. The van der Waals surface area contributed by atoms with Gasteiger partial charge in [-0.3, -0.25) is 9.59 Å². The van der Waals surface area contributed by atoms with Crippen LogP contribution in [0.5, 0.6) is 0 Å². The maximum Gasteiger partial charge on any atom is 0.307 e. The molecule has 118 valence electrons. The molecule has 4 nitrogen and oxygen atoms in total. The summed E-state index contributed by atoms with van der Waals surface area (Å²) in [6.45, 7) is 7.80. The zero-order valence-electron chi connectivity index (χ0n) is 13.6. The summed E-state index contributed by atoms with van der Waals surface area (Å²) in [6.07, 6.45) is 0.964. The molecule has 0 spiro atoms. The average molecular weight is 301 g/mol. The molecule has 1 amide bonds. The summed E-state index contributed by atoms with van der Waals surface area (Å²) >= 11 is 0. The van der Waals surface area contributed by atoms with Gasteiger partial charge in [0.25, 0.3) is 0 Å². The Morgan fingerprint density at radius 2 is 1.50 bits per heavy atom. The second-order valence-electron chi connectivity index (χ2n) is 6.28. The van der Waals surface area contributed by atoms with Gasteiger partial charge >= 0.3 is 5.97 Å². The molecule has 0 radical (unpaired) electrons. The van der Waals surface area contributed by atoms with E-state index in [2.05, 4.69) is 5.32 Å². The molecule has 2 rings (SSSR count). The maximum atomic E-state index is 12.6. The fourth-order valence-electron chi connectivity index (χ4n) is 3.06. The Bertz CT molecular complexity index is 625. The number of allylic oxidation sites excluding steroid dienone is 2. The molecule has 0 aromatic heterocycles. The van der Waals surface area contributed by atoms with Crippen molar-refractivity contribution in [1.82, 2.24) is 0 Å². The Hall–Kier alpha value is -2.10. The summed E-state index contributed by atoms with van der Waals surface area (Å²) in [7, 11) is 0. The van der Waals surface area contributed by atoms with Crippen molar-refractivity contribution in [3.8, 4) is 0 Å². The molecule has 0 saturated carbocycles. The lowest BCUT2D eigenvalue weighted by Gasteiger charge is -2.29. The van der Waals surface area contributed by atoms with E-state index in [1.165, 1.54) is 0 Å². The highest BCUT2D eigenvalue weighted by Crippen LogP contribution is 2.35. The van der Waals surface area contributed by atoms with Crippen molar-refractivity contribution in [2.45, 2.75) is 40.5 Å². The maximum absolute atomic E-state index is 12.6. The summed E-state index contributed by atoms with van der Waals surface area (Å²) < 4.78 is 0. The van der Waals surface area contributed by atoms with Gasteiger partial charge in [-0.15, -0.1) is 0 Å². The van der Waals surface area contributed by atoms with Gasteiger partial charge in [0, 0.05) is 5.69 Å². The number of para-hydroxylation sites is 1. The van der Waals surface area contributed by atoms with Crippen LogP contribution in [0.4, 0.5) is 5.69 Å². The van der Waals surface area contributed by atoms with Crippen molar-refractivity contribution in [2.24, 2.45) is 11.8 Å². The SMILES string of the molecule is CC1=C(C)C[C@H](C(=O)Nc2c(C)cccc2C)[C@@H](C(=O)O)C1. The molecule has 1 aromatic carbocycles. The molecule has 22 heavy (non-hydrogen) atoms. The summed E-state index contributed by atoms with van der Waals surface area (Å²) in [6, 6.07) is 5.82. The van der Waals surface area contributed by atoms with Crippen LogP contribution in [0.25, 0.3) is 0 Å². The van der Waals surface area contributed by atoms with Crippen LogP contribution in [0, 0.1) is 25.7 Å². The number of carboxylic acid groups (broad SMARTS) is 1. The minimum atomic E-state index is -0.895. The molecule has 0 saturated heterocycles. The van der Waals surface area contributed by atoms with Gasteiger partial charge in [0.15, 0.2) is 0 Å². The molecular weight excluding hydrogens is 278 g/mol. The average Bonchev–Trinajstić information content (AvgIpc) is 2.45. The Morgan fingerprint density at radius 1 is 1.00 bits per heavy atom. The van der Waals surface area contributed by atoms with Gasteiger partial charge < -0.3 is 10.4 Å². The van der Waals surface area contributed by atoms with Gasteiger partial charge in [-0.2, -0.15) is 0 Å². The lowest BCUT2D eigenvalue weighted by molar-refractivity contribution is -0.146. The van der Waals surface area contributed by atoms with E-state index in [-0.39, 0.29) is 5.91 Å². The number of carbonyl (C=O) groups is 2. The number of anilines is 1. The van der Waals surface area contributed by atoms with Crippen LogP contribution in [-0.4, -0.2) is 17.0 Å². The predicted molar refractivity (Wildman–Crippen MR) is 86.8 cm³/mol. The summed E-state index contributed by atoms with van der Waals surface area (Å²) in [5.41, 5.74) is 4.97. The van der Waals surface area contributed by atoms with Gasteiger partial charge in [0.1, 0.15) is 0 Å². The number of carboxylic acids is 1. The van der Waals surface area contributed by atoms with Crippen molar-refractivity contribution in [2.75, 3.05) is 5.32 Å². The van der Waals surface area contributed by atoms with Crippen LogP contribution in [-0.2, 0) is 9.59 Å². The van der Waals surface area contributed by atoms with Crippen LogP contribution in [0.1, 0.15) is 37.8 Å². The fraction of sp³-hybridized carbons (Fsp3) is 0.444. The minimum Gasteiger partial charge on any atom is -0.481 e. The topological polar surface area (TPSA) is 66.4 Å². The Morgan fingerprint density at radius 3 is 2.00 bits per heavy atom. The van der Waals surface area contributed by atoms with Crippen LogP contribution in [0.2, 0.25) is 0 Å². The molecule has 2 atom stereocenters. The van der Waals surface area contributed by atoms with Crippen molar-refractivity contribution in [1.29, 1.82) is 0 Å². The fourth-order valence-corrected chi connectivity index (χ4v) is 3.06. The first-order valence-corrected chi connectivity index (χ1v) is 7.56. The molecule has 0 fully saturated rings. The lowest BCUT2D eigenvalue weighted by atomic mass is 9.76. The largest absolute Gasteiger partial charge is 0.481 e. The second-order valence-corrected chi connectivity index (χ2v) is 6.28. The first-order chi connectivity index (χ1) is 10.3. The molecule has 0 unspecified atom stereocenters. The van der Waals surface area contributed by atoms with Crippen molar-refractivity contribution in [3.63, 3.8) is 0 Å². The summed E-state index contributed by atoms with van der Waals surface area (Å²) in [5.74, 6) is -2.25. The highest BCUT2D eigenvalue weighted by Gasteiger charge is 2.37. The van der Waals surface area contributed by atoms with Gasteiger partial charge in [0.2, 0.25) is 5.91 Å². The molecular formula is C18H23NO3. The van der Waals surface area contributed by atoms with Crippen LogP contribution in [0.15, 0.2) is 29.3 Å². The van der Waals surface area contributed by atoms with Crippen molar-refractivity contribution < 1.29 is 14.7 Å². The van der Waals surface area contributed by atoms with Gasteiger partial charge in [-0.05, 0) is 51.7 Å². The Balaban J connectivity index is 2.26. The molecule has 2 N–H and O–H groups in total. The molecule has 4 heteroatoms. The van der Waals surface area contributed by atoms with Gasteiger partial charge in [-0.1, -0.05) is 29.3 Å². The molecule has 1 aromatic rings. The van der Waals surface area contributed by atoms with Crippen LogP contribution < -0.4 is 5.32 Å². The highest BCUT2D eigenvalue weighted by atomic mass is 16.4. The standard InChI is InChI=1S/C18H23NO3/c1-10-6-5-7-11(2)16(10)19-17(20)14-8-12(3)13(4)9-15(14)18(21)22/h5-7,14-15H,8-9H2,1-4H3,(H,19,20)(H,21,22)/t14-,15-/m0/s1. The third-order valence-corrected chi connectivity index (χ3v) is 4.65. The highest BCUT2D eigenvalue weighted by molar-refractivity contribution is 5.96. The number of hydrogen-bond donors (Lipinski definition) is 2. The molecule has 1 aliphatic rings. The van der Waals surface area contributed by atoms with Gasteiger partial charge in [-0.25, -0.2) is 0 Å². The van der Waals surface area contributed by atoms with E-state index in [1.807, 2.05) is 45.9 Å². The van der Waals surface area contributed by atoms with E-state index in [0.29, 0.717) is 12.8 Å². The van der Waals surface area contributed by atoms with Crippen LogP contribution in [0.3, 0.4) is 0 Å². The Kier molecular flexibility index (Phi) is 4.69. The predicted octanol–water partition coefficient (Wildman–Crippen LogP) is 3.69. The van der Waals surface area contributed by atoms with E-state index in [4.69, 9.17) is 0 Å². The smallest absolute Gasteiger partial charge is 0.307 e.